The van der Waals surface area contributed by atoms with Crippen LogP contribution in [0.4, 0.5) is 4.79 Å². The van der Waals surface area contributed by atoms with E-state index < -0.39 is 5.97 Å². The number of hydrogen-bond donors (Lipinski definition) is 1. The predicted octanol–water partition coefficient (Wildman–Crippen LogP) is 0.152. The van der Waals surface area contributed by atoms with Crippen molar-refractivity contribution < 1.29 is 14.7 Å². The molecule has 2 amide bonds. The Bertz CT molecular complexity index is 378. The Hall–Kier alpha value is -1.74. The summed E-state index contributed by atoms with van der Waals surface area (Å²) in [6.07, 6.45) is 5.18. The third-order valence-electron chi connectivity index (χ3n) is 3.32. The summed E-state index contributed by atoms with van der Waals surface area (Å²) in [6.45, 7) is 6.78. The molecule has 0 bridgehead atoms. The molecule has 1 heterocycles. The van der Waals surface area contributed by atoms with E-state index in [0.29, 0.717) is 13.1 Å². The minimum Gasteiger partial charge on any atom is -0.480 e. The molecule has 0 aromatic rings. The predicted molar refractivity (Wildman–Crippen MR) is 71.7 cm³/mol. The first kappa shape index (κ1) is 15.3. The maximum absolute atomic E-state index is 12.2. The molecular formula is C13H21N3O3. The van der Waals surface area contributed by atoms with Gasteiger partial charge in [-0.05, 0) is 13.5 Å². The molecule has 0 aliphatic carbocycles. The molecule has 106 valence electrons. The van der Waals surface area contributed by atoms with Crippen molar-refractivity contribution in [3.05, 3.63) is 0 Å². The van der Waals surface area contributed by atoms with Crippen molar-refractivity contribution in [2.45, 2.75) is 19.9 Å². The second-order valence-electron chi connectivity index (χ2n) is 4.66. The van der Waals surface area contributed by atoms with Crippen LogP contribution in [-0.2, 0) is 4.79 Å². The number of piperazine rings is 1. The molecule has 0 aromatic carbocycles. The molecule has 19 heavy (non-hydrogen) atoms. The number of rotatable bonds is 4. The molecule has 1 N–H and O–H groups in total. The molecule has 0 saturated carbocycles. The van der Waals surface area contributed by atoms with Gasteiger partial charge in [0.2, 0.25) is 0 Å². The number of carbonyl (C=O) groups is 2. The number of urea groups is 1. The molecular weight excluding hydrogens is 246 g/mol. The molecule has 0 radical (unpaired) electrons. The second kappa shape index (κ2) is 7.00. The van der Waals surface area contributed by atoms with Crippen LogP contribution in [0.3, 0.4) is 0 Å². The number of terminal acetylenes is 1. The van der Waals surface area contributed by atoms with Gasteiger partial charge in [-0.2, -0.15) is 0 Å². The van der Waals surface area contributed by atoms with Gasteiger partial charge in [0.05, 0.1) is 6.54 Å². The van der Waals surface area contributed by atoms with E-state index in [-0.39, 0.29) is 25.2 Å². The zero-order valence-electron chi connectivity index (χ0n) is 11.5. The van der Waals surface area contributed by atoms with E-state index in [1.54, 1.807) is 4.90 Å². The lowest BCUT2D eigenvalue weighted by Crippen LogP contribution is -2.56. The monoisotopic (exact) mass is 267 g/mol. The van der Waals surface area contributed by atoms with Crippen LogP contribution < -0.4 is 0 Å². The number of carbonyl (C=O) groups excluding carboxylic acids is 1. The van der Waals surface area contributed by atoms with Crippen LogP contribution in [0.25, 0.3) is 0 Å². The number of carboxylic acids is 1. The maximum atomic E-state index is 12.2. The van der Waals surface area contributed by atoms with Crippen molar-refractivity contribution in [1.82, 2.24) is 14.7 Å². The largest absolute Gasteiger partial charge is 0.480 e. The highest BCUT2D eigenvalue weighted by atomic mass is 16.4. The molecule has 1 atom stereocenters. The van der Waals surface area contributed by atoms with Crippen molar-refractivity contribution in [3.63, 3.8) is 0 Å². The highest BCUT2D eigenvalue weighted by Gasteiger charge is 2.29. The Labute approximate surface area is 114 Å². The van der Waals surface area contributed by atoms with Crippen LogP contribution in [0, 0.1) is 12.3 Å². The van der Waals surface area contributed by atoms with Crippen LogP contribution in [0.15, 0.2) is 0 Å². The van der Waals surface area contributed by atoms with Crippen molar-refractivity contribution in [1.29, 1.82) is 0 Å². The maximum Gasteiger partial charge on any atom is 0.323 e. The van der Waals surface area contributed by atoms with Crippen molar-refractivity contribution in [2.75, 3.05) is 39.3 Å². The Morgan fingerprint density at radius 1 is 1.47 bits per heavy atom. The second-order valence-corrected chi connectivity index (χ2v) is 4.66. The third kappa shape index (κ3) is 4.14. The molecule has 1 saturated heterocycles. The first-order valence-electron chi connectivity index (χ1n) is 6.42. The molecule has 0 aromatic heterocycles. The number of amides is 2. The van der Waals surface area contributed by atoms with Gasteiger partial charge in [0.1, 0.15) is 6.54 Å². The summed E-state index contributed by atoms with van der Waals surface area (Å²) in [7, 11) is 0. The molecule has 1 unspecified atom stereocenters. The molecule has 1 fully saturated rings. The summed E-state index contributed by atoms with van der Waals surface area (Å²) in [5.74, 6) is 1.28. The van der Waals surface area contributed by atoms with E-state index >= 15 is 0 Å². The number of nitrogens with zero attached hydrogens (tertiary/aromatic N) is 3. The van der Waals surface area contributed by atoms with Gasteiger partial charge in [-0.1, -0.05) is 12.8 Å². The molecule has 6 nitrogen and oxygen atoms in total. The number of aliphatic carboxylic acids is 1. The lowest BCUT2D eigenvalue weighted by Gasteiger charge is -2.40. The normalized spacial score (nSPS) is 19.8. The van der Waals surface area contributed by atoms with Crippen LogP contribution in [0.2, 0.25) is 0 Å². The van der Waals surface area contributed by atoms with Crippen molar-refractivity contribution in [2.24, 2.45) is 0 Å². The van der Waals surface area contributed by atoms with E-state index in [9.17, 15) is 9.59 Å². The Morgan fingerprint density at radius 3 is 2.63 bits per heavy atom. The van der Waals surface area contributed by atoms with Gasteiger partial charge in [0, 0.05) is 25.7 Å². The van der Waals surface area contributed by atoms with Gasteiger partial charge in [-0.25, -0.2) is 4.79 Å². The fourth-order valence-electron chi connectivity index (χ4n) is 2.30. The van der Waals surface area contributed by atoms with Crippen molar-refractivity contribution in [3.8, 4) is 12.3 Å². The molecule has 1 rings (SSSR count). The smallest absolute Gasteiger partial charge is 0.323 e. The van der Waals surface area contributed by atoms with Gasteiger partial charge in [0.25, 0.3) is 0 Å². The summed E-state index contributed by atoms with van der Waals surface area (Å²) < 4.78 is 0. The Kier molecular flexibility index (Phi) is 5.64. The summed E-state index contributed by atoms with van der Waals surface area (Å²) in [5, 5.41) is 8.80. The van der Waals surface area contributed by atoms with Crippen LogP contribution in [0.5, 0.6) is 0 Å². The van der Waals surface area contributed by atoms with Crippen LogP contribution >= 0.6 is 0 Å². The van der Waals surface area contributed by atoms with Crippen LogP contribution in [-0.4, -0.2) is 77.1 Å². The number of hydrogen-bond acceptors (Lipinski definition) is 3. The SMILES string of the molecule is C#CCN(CC(=O)O)C(=O)N1CCN(CC)C(C)C1. The average Bonchev–Trinajstić information content (AvgIpc) is 2.36. The fraction of sp³-hybridized carbons (Fsp3) is 0.692. The fourth-order valence-corrected chi connectivity index (χ4v) is 2.30. The summed E-state index contributed by atoms with van der Waals surface area (Å²) in [4.78, 5) is 28.1. The quantitative estimate of drug-likeness (QED) is 0.737. The van der Waals surface area contributed by atoms with E-state index in [1.807, 2.05) is 0 Å². The topological polar surface area (TPSA) is 64.1 Å². The Balaban J connectivity index is 2.65. The van der Waals surface area contributed by atoms with E-state index in [2.05, 4.69) is 24.7 Å². The standard InChI is InChI=1S/C13H21N3O3/c1-4-6-15(10-12(17)18)13(19)16-8-7-14(5-2)11(3)9-16/h1,11H,5-10H2,2-3H3,(H,17,18). The lowest BCUT2D eigenvalue weighted by molar-refractivity contribution is -0.137. The van der Waals surface area contributed by atoms with Crippen molar-refractivity contribution >= 4 is 12.0 Å². The van der Waals surface area contributed by atoms with Gasteiger partial charge in [-0.3, -0.25) is 9.69 Å². The summed E-state index contributed by atoms with van der Waals surface area (Å²) in [6, 6.07) is -0.0110. The Morgan fingerprint density at radius 2 is 2.16 bits per heavy atom. The molecule has 0 spiro atoms. The minimum atomic E-state index is -1.05. The van der Waals surface area contributed by atoms with Gasteiger partial charge >= 0.3 is 12.0 Å². The zero-order chi connectivity index (χ0) is 14.4. The van der Waals surface area contributed by atoms with Gasteiger partial charge in [0.15, 0.2) is 0 Å². The first-order chi connectivity index (χ1) is 8.99. The van der Waals surface area contributed by atoms with Crippen LogP contribution in [0.1, 0.15) is 13.8 Å². The highest BCUT2D eigenvalue weighted by Crippen LogP contribution is 2.11. The molecule has 1 aliphatic rings. The molecule has 6 heteroatoms. The highest BCUT2D eigenvalue weighted by molar-refractivity contribution is 5.80. The molecule has 1 aliphatic heterocycles. The lowest BCUT2D eigenvalue weighted by atomic mass is 10.2. The van der Waals surface area contributed by atoms with E-state index in [4.69, 9.17) is 11.5 Å². The van der Waals surface area contributed by atoms with Gasteiger partial charge < -0.3 is 14.9 Å². The summed E-state index contributed by atoms with van der Waals surface area (Å²) >= 11 is 0. The zero-order valence-corrected chi connectivity index (χ0v) is 11.5. The summed E-state index contributed by atoms with van der Waals surface area (Å²) in [5.41, 5.74) is 0. The average molecular weight is 267 g/mol. The number of carboxylic acid groups (broad SMARTS) is 1. The first-order valence-corrected chi connectivity index (χ1v) is 6.42. The van der Waals surface area contributed by atoms with E-state index in [0.717, 1.165) is 13.1 Å². The van der Waals surface area contributed by atoms with Gasteiger partial charge in [-0.15, -0.1) is 6.42 Å². The van der Waals surface area contributed by atoms with E-state index in [1.165, 1.54) is 4.90 Å². The number of likely N-dealkylation sites (N-methyl/N-ethyl adjacent to an activating group) is 1. The minimum absolute atomic E-state index is 0.0213. The third-order valence-corrected chi connectivity index (χ3v) is 3.32.